The fraction of sp³-hybridized carbons (Fsp3) is 0.304. The number of hydrogen-bond acceptors (Lipinski definition) is 3. The van der Waals surface area contributed by atoms with E-state index in [1.807, 2.05) is 31.2 Å². The van der Waals surface area contributed by atoms with Gasteiger partial charge in [-0.3, -0.25) is 0 Å². The maximum atomic E-state index is 14.4. The van der Waals surface area contributed by atoms with Gasteiger partial charge in [-0.1, -0.05) is 32.9 Å². The van der Waals surface area contributed by atoms with Crippen LogP contribution in [-0.2, 0) is 0 Å². The fourth-order valence-corrected chi connectivity index (χ4v) is 3.12. The van der Waals surface area contributed by atoms with Gasteiger partial charge in [-0.2, -0.15) is 0 Å². The van der Waals surface area contributed by atoms with E-state index in [-0.39, 0.29) is 11.1 Å². The summed E-state index contributed by atoms with van der Waals surface area (Å²) in [6, 6.07) is 10.4. The summed E-state index contributed by atoms with van der Waals surface area (Å²) in [5.41, 5.74) is 8.54. The average Bonchev–Trinajstić information content (AvgIpc) is 2.62. The van der Waals surface area contributed by atoms with Gasteiger partial charge >= 0.3 is 6.03 Å². The molecule has 1 heterocycles. The molecule has 0 saturated carbocycles. The molecule has 0 spiro atoms. The Morgan fingerprint density at radius 2 is 1.90 bits per heavy atom. The Morgan fingerprint density at radius 3 is 2.62 bits per heavy atom. The number of urea groups is 1. The van der Waals surface area contributed by atoms with Crippen molar-refractivity contribution in [3.05, 3.63) is 54.0 Å². The van der Waals surface area contributed by atoms with E-state index in [0.29, 0.717) is 12.4 Å². The summed E-state index contributed by atoms with van der Waals surface area (Å²) in [5, 5.41) is 7.33. The monoisotopic (exact) mass is 394 g/mol. The molecule has 0 saturated heterocycles. The zero-order valence-corrected chi connectivity index (χ0v) is 17.3. The Hall–Kier alpha value is -3.15. The molecule has 2 amide bonds. The molecule has 3 rings (SSSR count). The van der Waals surface area contributed by atoms with E-state index in [2.05, 4.69) is 36.4 Å². The first-order chi connectivity index (χ1) is 13.6. The van der Waals surface area contributed by atoms with Gasteiger partial charge in [0.2, 0.25) is 0 Å². The third-order valence-electron chi connectivity index (χ3n) is 4.78. The van der Waals surface area contributed by atoms with E-state index in [9.17, 15) is 9.18 Å². The van der Waals surface area contributed by atoms with Gasteiger partial charge in [0.15, 0.2) is 0 Å². The Morgan fingerprint density at radius 1 is 1.14 bits per heavy atom. The second-order valence-corrected chi connectivity index (χ2v) is 8.51. The van der Waals surface area contributed by atoms with Gasteiger partial charge in [0.25, 0.3) is 0 Å². The molecule has 2 aromatic carbocycles. The molecule has 0 bridgehead atoms. The van der Waals surface area contributed by atoms with Crippen molar-refractivity contribution in [3.63, 3.8) is 0 Å². The van der Waals surface area contributed by atoms with Crippen molar-refractivity contribution in [3.8, 4) is 11.1 Å². The number of nitrogens with two attached hydrogens (primary N) is 1. The summed E-state index contributed by atoms with van der Waals surface area (Å²) in [6.45, 7) is 8.68. The van der Waals surface area contributed by atoms with Crippen LogP contribution in [0.15, 0.2) is 42.6 Å². The number of amides is 2. The van der Waals surface area contributed by atoms with Crippen molar-refractivity contribution < 1.29 is 9.18 Å². The summed E-state index contributed by atoms with van der Waals surface area (Å²) < 4.78 is 14.4. The van der Waals surface area contributed by atoms with Crippen molar-refractivity contribution in [2.45, 2.75) is 34.1 Å². The summed E-state index contributed by atoms with van der Waals surface area (Å²) in [7, 11) is 0. The van der Waals surface area contributed by atoms with E-state index in [0.717, 1.165) is 33.9 Å². The van der Waals surface area contributed by atoms with Gasteiger partial charge in [0, 0.05) is 18.1 Å². The second-order valence-electron chi connectivity index (χ2n) is 8.51. The molecule has 152 valence electrons. The lowest BCUT2D eigenvalue weighted by Gasteiger charge is -2.18. The van der Waals surface area contributed by atoms with Crippen molar-refractivity contribution in [1.82, 2.24) is 10.3 Å². The number of aryl methyl sites for hydroxylation is 1. The third kappa shape index (κ3) is 5.22. The quantitative estimate of drug-likeness (QED) is 0.547. The number of carbonyl (C=O) groups excluding carboxylic acids is 1. The molecule has 4 N–H and O–H groups in total. The van der Waals surface area contributed by atoms with Gasteiger partial charge in [-0.25, -0.2) is 14.2 Å². The van der Waals surface area contributed by atoms with E-state index in [1.54, 1.807) is 12.3 Å². The molecule has 0 aliphatic heterocycles. The van der Waals surface area contributed by atoms with Crippen LogP contribution in [0.5, 0.6) is 0 Å². The summed E-state index contributed by atoms with van der Waals surface area (Å²) in [4.78, 5) is 16.3. The number of nitrogen functional groups attached to an aromatic ring is 1. The highest BCUT2D eigenvalue weighted by atomic mass is 19.1. The normalized spacial score (nSPS) is 11.5. The highest BCUT2D eigenvalue weighted by Crippen LogP contribution is 2.31. The minimum absolute atomic E-state index is 0.116. The molecule has 6 heteroatoms. The predicted octanol–water partition coefficient (Wildman–Crippen LogP) is 5.49. The summed E-state index contributed by atoms with van der Waals surface area (Å²) in [6.07, 6.45) is 2.55. The number of benzene rings is 2. The van der Waals surface area contributed by atoms with Crippen LogP contribution < -0.4 is 16.4 Å². The Kier molecular flexibility index (Phi) is 5.73. The number of nitrogens with zero attached hydrogens (tertiary/aromatic N) is 1. The van der Waals surface area contributed by atoms with Crippen molar-refractivity contribution >= 4 is 28.3 Å². The first-order valence-electron chi connectivity index (χ1n) is 9.63. The molecular weight excluding hydrogens is 367 g/mol. The number of halogens is 1. The zero-order chi connectivity index (χ0) is 21.2. The highest BCUT2D eigenvalue weighted by Gasteiger charge is 2.14. The van der Waals surface area contributed by atoms with Crippen LogP contribution in [0, 0.1) is 18.2 Å². The first-order valence-corrected chi connectivity index (χ1v) is 9.63. The van der Waals surface area contributed by atoms with Crippen molar-refractivity contribution in [2.24, 2.45) is 5.41 Å². The fourth-order valence-electron chi connectivity index (χ4n) is 3.12. The number of pyridine rings is 1. The number of carbonyl (C=O) groups is 1. The topological polar surface area (TPSA) is 80.0 Å². The number of rotatable bonds is 4. The lowest BCUT2D eigenvalue weighted by atomic mass is 9.92. The van der Waals surface area contributed by atoms with E-state index in [1.165, 1.54) is 6.07 Å². The molecule has 0 radical (unpaired) electrons. The summed E-state index contributed by atoms with van der Waals surface area (Å²) >= 11 is 0. The molecule has 3 aromatic rings. The number of anilines is 2. The number of hydrogen-bond donors (Lipinski definition) is 3. The van der Waals surface area contributed by atoms with Gasteiger partial charge in [-0.15, -0.1) is 0 Å². The average molecular weight is 394 g/mol. The molecule has 0 fully saturated rings. The van der Waals surface area contributed by atoms with Crippen LogP contribution in [0.4, 0.5) is 20.7 Å². The van der Waals surface area contributed by atoms with E-state index >= 15 is 0 Å². The number of aromatic nitrogens is 1. The molecule has 1 aromatic heterocycles. The number of fused-ring (bicyclic) bond motifs is 1. The van der Waals surface area contributed by atoms with Gasteiger partial charge in [0.05, 0.1) is 5.69 Å². The minimum atomic E-state index is -0.465. The SMILES string of the molecule is Cc1cc(F)c(NC(=O)NCCC(C)(C)C)cc1-c1ccc2cc(N)ncc2c1. The van der Waals surface area contributed by atoms with E-state index in [4.69, 9.17) is 5.73 Å². The minimum Gasteiger partial charge on any atom is -0.384 e. The molecule has 0 aliphatic carbocycles. The maximum absolute atomic E-state index is 14.4. The van der Waals surface area contributed by atoms with Crippen LogP contribution in [0.1, 0.15) is 32.8 Å². The van der Waals surface area contributed by atoms with Crippen LogP contribution in [0.3, 0.4) is 0 Å². The molecule has 29 heavy (non-hydrogen) atoms. The van der Waals surface area contributed by atoms with Gasteiger partial charge in [0.1, 0.15) is 11.6 Å². The lowest BCUT2D eigenvalue weighted by Crippen LogP contribution is -2.31. The standard InChI is InChI=1S/C23H27FN4O/c1-14-9-19(24)20(28-22(29)26-8-7-23(2,3)4)12-18(14)16-6-5-15-11-21(25)27-13-17(15)10-16/h5-6,9-13H,7-8H2,1-4H3,(H2,25,27)(H2,26,28,29). The summed E-state index contributed by atoms with van der Waals surface area (Å²) in [5.74, 6) is -0.000349. The third-order valence-corrected chi connectivity index (χ3v) is 4.78. The van der Waals surface area contributed by atoms with Crippen LogP contribution in [-0.4, -0.2) is 17.6 Å². The zero-order valence-electron chi connectivity index (χ0n) is 17.3. The first kappa shape index (κ1) is 20.6. The second kappa shape index (κ2) is 8.07. The molecule has 0 unspecified atom stereocenters. The van der Waals surface area contributed by atoms with E-state index < -0.39 is 11.8 Å². The van der Waals surface area contributed by atoms with Gasteiger partial charge < -0.3 is 16.4 Å². The molecule has 5 nitrogen and oxygen atoms in total. The molecule has 0 aliphatic rings. The van der Waals surface area contributed by atoms with Crippen molar-refractivity contribution in [2.75, 3.05) is 17.6 Å². The molecular formula is C23H27FN4O. The van der Waals surface area contributed by atoms with Crippen LogP contribution in [0.25, 0.3) is 21.9 Å². The van der Waals surface area contributed by atoms with Crippen LogP contribution in [0.2, 0.25) is 0 Å². The molecule has 0 atom stereocenters. The Labute approximate surface area is 170 Å². The smallest absolute Gasteiger partial charge is 0.319 e. The van der Waals surface area contributed by atoms with Crippen molar-refractivity contribution in [1.29, 1.82) is 0 Å². The number of nitrogens with one attached hydrogen (secondary N) is 2. The maximum Gasteiger partial charge on any atom is 0.319 e. The predicted molar refractivity (Wildman–Crippen MR) is 117 cm³/mol. The lowest BCUT2D eigenvalue weighted by molar-refractivity contribution is 0.250. The Bertz CT molecular complexity index is 1060. The van der Waals surface area contributed by atoms with Gasteiger partial charge in [-0.05, 0) is 65.1 Å². The Balaban J connectivity index is 1.84. The largest absolute Gasteiger partial charge is 0.384 e. The van der Waals surface area contributed by atoms with Crippen LogP contribution >= 0.6 is 0 Å². The highest BCUT2D eigenvalue weighted by molar-refractivity contribution is 5.92.